The lowest BCUT2D eigenvalue weighted by atomic mass is 10.1. The Morgan fingerprint density at radius 3 is 2.53 bits per heavy atom. The standard InChI is InChI=1S/C25H23F3IN7O2/c26-25(27,28)16-3-6-20(29)21(11-16)34-24(37)33-17-4-1-15(2-5-17)19-12-18(13-35-7-9-38-10-8-35)36-22(19)23(30)31-14-32-36/h1-6,11-12,14H,7-10,13H2,(H2,30,31,32)(H2,33,34,37). The fourth-order valence-electron chi connectivity index (χ4n) is 4.27. The highest BCUT2D eigenvalue weighted by Gasteiger charge is 2.31. The molecular weight excluding hydrogens is 614 g/mol. The number of urea groups is 1. The van der Waals surface area contributed by atoms with E-state index in [-0.39, 0.29) is 5.69 Å². The molecule has 0 spiro atoms. The molecule has 1 fully saturated rings. The fourth-order valence-corrected chi connectivity index (χ4v) is 4.74. The molecule has 0 saturated carbocycles. The van der Waals surface area contributed by atoms with Crippen molar-refractivity contribution in [2.24, 2.45) is 0 Å². The maximum atomic E-state index is 13.0. The van der Waals surface area contributed by atoms with Crippen molar-refractivity contribution in [2.45, 2.75) is 12.7 Å². The number of carbonyl (C=O) groups excluding carboxylic acids is 1. The number of nitrogens with zero attached hydrogens (tertiary/aromatic N) is 4. The second kappa shape index (κ2) is 10.7. The van der Waals surface area contributed by atoms with Crippen LogP contribution in [0.2, 0.25) is 0 Å². The van der Waals surface area contributed by atoms with E-state index in [0.29, 0.717) is 40.4 Å². The van der Waals surface area contributed by atoms with Gasteiger partial charge in [0.1, 0.15) is 11.8 Å². The molecule has 198 valence electrons. The normalized spacial score (nSPS) is 14.5. The van der Waals surface area contributed by atoms with E-state index in [0.717, 1.165) is 42.0 Å². The third kappa shape index (κ3) is 5.68. The van der Waals surface area contributed by atoms with Crippen LogP contribution in [-0.4, -0.2) is 51.8 Å². The summed E-state index contributed by atoms with van der Waals surface area (Å²) in [4.78, 5) is 18.9. The number of morpholine rings is 1. The van der Waals surface area contributed by atoms with E-state index < -0.39 is 17.8 Å². The Bertz CT molecular complexity index is 1470. The Balaban J connectivity index is 1.34. The molecule has 9 nitrogen and oxygen atoms in total. The Hall–Kier alpha value is -3.43. The molecule has 13 heteroatoms. The van der Waals surface area contributed by atoms with Gasteiger partial charge in [-0.15, -0.1) is 0 Å². The zero-order valence-electron chi connectivity index (χ0n) is 19.9. The van der Waals surface area contributed by atoms with Crippen molar-refractivity contribution in [1.82, 2.24) is 19.5 Å². The number of nitrogen functional groups attached to an aromatic ring is 1. The zero-order valence-corrected chi connectivity index (χ0v) is 22.1. The number of fused-ring (bicyclic) bond motifs is 1. The number of aromatic nitrogens is 3. The molecule has 3 heterocycles. The lowest BCUT2D eigenvalue weighted by Gasteiger charge is -2.26. The van der Waals surface area contributed by atoms with Gasteiger partial charge >= 0.3 is 12.2 Å². The van der Waals surface area contributed by atoms with Gasteiger partial charge in [-0.2, -0.15) is 18.3 Å². The van der Waals surface area contributed by atoms with Crippen molar-refractivity contribution in [3.63, 3.8) is 0 Å². The van der Waals surface area contributed by atoms with Gasteiger partial charge in [0, 0.05) is 34.5 Å². The van der Waals surface area contributed by atoms with Crippen molar-refractivity contribution in [3.8, 4) is 11.1 Å². The summed E-state index contributed by atoms with van der Waals surface area (Å²) in [5.41, 5.74) is 9.25. The van der Waals surface area contributed by atoms with Gasteiger partial charge in [-0.05, 0) is 64.6 Å². The SMILES string of the molecule is Nc1ncnn2c(CN3CCOCC3)cc(-c3ccc(NC(=O)Nc4cc(C(F)(F)F)ccc4I)cc3)c12. The fraction of sp³-hybridized carbons (Fsp3) is 0.240. The number of hydrogen-bond acceptors (Lipinski definition) is 6. The third-order valence-corrected chi connectivity index (χ3v) is 7.08. The summed E-state index contributed by atoms with van der Waals surface area (Å²) in [5.74, 6) is 0.348. The van der Waals surface area contributed by atoms with Gasteiger partial charge < -0.3 is 21.1 Å². The van der Waals surface area contributed by atoms with Crippen LogP contribution < -0.4 is 16.4 Å². The van der Waals surface area contributed by atoms with E-state index in [2.05, 4.69) is 25.6 Å². The van der Waals surface area contributed by atoms with Gasteiger partial charge in [-0.1, -0.05) is 12.1 Å². The second-order valence-corrected chi connectivity index (χ2v) is 9.85. The molecule has 38 heavy (non-hydrogen) atoms. The number of rotatable bonds is 5. The lowest BCUT2D eigenvalue weighted by Crippen LogP contribution is -2.36. The molecule has 0 radical (unpaired) electrons. The summed E-state index contributed by atoms with van der Waals surface area (Å²) in [6.45, 7) is 3.69. The van der Waals surface area contributed by atoms with E-state index in [1.54, 1.807) is 16.6 Å². The molecule has 1 saturated heterocycles. The summed E-state index contributed by atoms with van der Waals surface area (Å²) >= 11 is 1.87. The number of carbonyl (C=O) groups is 1. The molecule has 2 aromatic heterocycles. The van der Waals surface area contributed by atoms with Gasteiger partial charge in [0.15, 0.2) is 5.82 Å². The molecule has 4 aromatic rings. The van der Waals surface area contributed by atoms with Crippen molar-refractivity contribution in [3.05, 3.63) is 69.7 Å². The molecule has 0 aliphatic carbocycles. The number of benzene rings is 2. The molecule has 4 N–H and O–H groups in total. The average molecular weight is 637 g/mol. The highest BCUT2D eigenvalue weighted by atomic mass is 127. The Labute approximate surface area is 229 Å². The first-order chi connectivity index (χ1) is 18.2. The molecule has 2 amide bonds. The molecule has 2 aromatic carbocycles. The largest absolute Gasteiger partial charge is 0.416 e. The highest BCUT2D eigenvalue weighted by Crippen LogP contribution is 2.33. The predicted molar refractivity (Wildman–Crippen MR) is 146 cm³/mol. The van der Waals surface area contributed by atoms with Crippen LogP contribution in [0.5, 0.6) is 0 Å². The molecular formula is C25H23F3IN7O2. The van der Waals surface area contributed by atoms with E-state index >= 15 is 0 Å². The Morgan fingerprint density at radius 1 is 1.08 bits per heavy atom. The van der Waals surface area contributed by atoms with Crippen LogP contribution in [0.3, 0.4) is 0 Å². The number of amides is 2. The first-order valence-electron chi connectivity index (χ1n) is 11.7. The van der Waals surface area contributed by atoms with Gasteiger partial charge in [0.2, 0.25) is 0 Å². The molecule has 1 aliphatic rings. The molecule has 1 aliphatic heterocycles. The smallest absolute Gasteiger partial charge is 0.382 e. The second-order valence-electron chi connectivity index (χ2n) is 8.69. The van der Waals surface area contributed by atoms with Crippen LogP contribution in [-0.2, 0) is 17.5 Å². The van der Waals surface area contributed by atoms with Crippen LogP contribution >= 0.6 is 22.6 Å². The van der Waals surface area contributed by atoms with E-state index in [4.69, 9.17) is 10.5 Å². The summed E-state index contributed by atoms with van der Waals surface area (Å²) in [6, 6.07) is 11.6. The molecule has 0 atom stereocenters. The number of ether oxygens (including phenoxy) is 1. The van der Waals surface area contributed by atoms with Crippen LogP contribution in [0.4, 0.5) is 35.2 Å². The monoisotopic (exact) mass is 637 g/mol. The lowest BCUT2D eigenvalue weighted by molar-refractivity contribution is -0.137. The maximum absolute atomic E-state index is 13.0. The van der Waals surface area contributed by atoms with E-state index in [9.17, 15) is 18.0 Å². The van der Waals surface area contributed by atoms with Gasteiger partial charge in [-0.25, -0.2) is 14.3 Å². The minimum atomic E-state index is -4.51. The number of nitrogens with one attached hydrogen (secondary N) is 2. The molecule has 5 rings (SSSR count). The van der Waals surface area contributed by atoms with Gasteiger partial charge in [0.05, 0.1) is 30.2 Å². The minimum absolute atomic E-state index is 0.0677. The van der Waals surface area contributed by atoms with E-state index in [1.807, 2.05) is 40.8 Å². The van der Waals surface area contributed by atoms with Gasteiger partial charge in [0.25, 0.3) is 0 Å². The Kier molecular flexibility index (Phi) is 7.40. The van der Waals surface area contributed by atoms with Crippen LogP contribution in [0.25, 0.3) is 16.6 Å². The molecule has 0 bridgehead atoms. The third-order valence-electron chi connectivity index (χ3n) is 6.14. The van der Waals surface area contributed by atoms with Crippen molar-refractivity contribution >= 4 is 51.3 Å². The maximum Gasteiger partial charge on any atom is 0.416 e. The topological polar surface area (TPSA) is 110 Å². The number of halogens is 4. The highest BCUT2D eigenvalue weighted by molar-refractivity contribution is 14.1. The Morgan fingerprint density at radius 2 is 1.82 bits per heavy atom. The van der Waals surface area contributed by atoms with E-state index in [1.165, 1.54) is 12.4 Å². The van der Waals surface area contributed by atoms with Crippen LogP contribution in [0, 0.1) is 3.57 Å². The van der Waals surface area contributed by atoms with Gasteiger partial charge in [-0.3, -0.25) is 4.90 Å². The van der Waals surface area contributed by atoms with Crippen molar-refractivity contribution < 1.29 is 22.7 Å². The first-order valence-corrected chi connectivity index (χ1v) is 12.7. The van der Waals surface area contributed by atoms with Crippen LogP contribution in [0.1, 0.15) is 11.3 Å². The summed E-state index contributed by atoms with van der Waals surface area (Å²) in [7, 11) is 0. The minimum Gasteiger partial charge on any atom is -0.382 e. The number of anilines is 3. The number of nitrogens with two attached hydrogens (primary N) is 1. The summed E-state index contributed by atoms with van der Waals surface area (Å²) in [5, 5.41) is 9.55. The quantitative estimate of drug-likeness (QED) is 0.264. The summed E-state index contributed by atoms with van der Waals surface area (Å²) in [6.07, 6.45) is -3.08. The predicted octanol–water partition coefficient (Wildman–Crippen LogP) is 5.08. The first kappa shape index (κ1) is 26.2. The van der Waals surface area contributed by atoms with Crippen molar-refractivity contribution in [2.75, 3.05) is 42.7 Å². The molecule has 0 unspecified atom stereocenters. The zero-order chi connectivity index (χ0) is 26.9. The summed E-state index contributed by atoms with van der Waals surface area (Å²) < 4.78 is 46.9. The number of alkyl halides is 3. The average Bonchev–Trinajstić information content (AvgIpc) is 3.25. The van der Waals surface area contributed by atoms with Crippen molar-refractivity contribution in [1.29, 1.82) is 0 Å². The van der Waals surface area contributed by atoms with Crippen LogP contribution in [0.15, 0.2) is 54.9 Å². The number of hydrogen-bond donors (Lipinski definition) is 3.